The second kappa shape index (κ2) is 5.57. The van der Waals surface area contributed by atoms with Crippen molar-refractivity contribution in [2.24, 2.45) is 0 Å². The van der Waals surface area contributed by atoms with E-state index in [2.05, 4.69) is 5.32 Å². The van der Waals surface area contributed by atoms with Gasteiger partial charge in [-0.25, -0.2) is 0 Å². The Kier molecular flexibility index (Phi) is 4.04. The van der Waals surface area contributed by atoms with Gasteiger partial charge in [0.1, 0.15) is 0 Å². The van der Waals surface area contributed by atoms with Crippen LogP contribution < -0.4 is 5.32 Å². The lowest BCUT2D eigenvalue weighted by Gasteiger charge is -2.27. The number of aryl methyl sites for hydroxylation is 2. The van der Waals surface area contributed by atoms with E-state index < -0.39 is 0 Å². The molecule has 1 aliphatic rings. The molecule has 5 heteroatoms. The second-order valence-corrected chi connectivity index (χ2v) is 5.36. The number of hydrogen-bond acceptors (Lipinski definition) is 4. The average molecular weight is 264 g/mol. The van der Waals surface area contributed by atoms with E-state index in [9.17, 15) is 15.2 Å². The van der Waals surface area contributed by atoms with Crippen LogP contribution in [0.15, 0.2) is 12.1 Å². The molecule has 2 rings (SSSR count). The van der Waals surface area contributed by atoms with Crippen molar-refractivity contribution in [2.75, 3.05) is 5.32 Å². The standard InChI is InChI=1S/C14H20N2O3/c1-9-7-10(2)14(16(18)19)8-13(9)15-11-3-5-12(17)6-4-11/h7-8,11-12,15,17H,3-6H2,1-2H3. The summed E-state index contributed by atoms with van der Waals surface area (Å²) < 4.78 is 0. The number of aliphatic hydroxyl groups excluding tert-OH is 1. The highest BCUT2D eigenvalue weighted by Gasteiger charge is 2.21. The maximum absolute atomic E-state index is 11.0. The first-order chi connectivity index (χ1) is 8.97. The van der Waals surface area contributed by atoms with Crippen molar-refractivity contribution in [1.82, 2.24) is 0 Å². The molecule has 0 bridgehead atoms. The quantitative estimate of drug-likeness (QED) is 0.650. The number of aliphatic hydroxyl groups is 1. The number of rotatable bonds is 3. The predicted molar refractivity (Wildman–Crippen MR) is 74.5 cm³/mol. The molecule has 0 aromatic heterocycles. The van der Waals surface area contributed by atoms with Gasteiger partial charge in [-0.2, -0.15) is 0 Å². The molecule has 19 heavy (non-hydrogen) atoms. The Morgan fingerprint density at radius 1 is 1.21 bits per heavy atom. The summed E-state index contributed by atoms with van der Waals surface area (Å²) in [7, 11) is 0. The molecule has 0 heterocycles. The number of nitrogens with zero attached hydrogens (tertiary/aromatic N) is 1. The first-order valence-electron chi connectivity index (χ1n) is 6.67. The van der Waals surface area contributed by atoms with Gasteiger partial charge in [0.05, 0.1) is 11.0 Å². The molecule has 0 atom stereocenters. The van der Waals surface area contributed by atoms with E-state index >= 15 is 0 Å². The molecule has 0 radical (unpaired) electrons. The number of anilines is 1. The van der Waals surface area contributed by atoms with Gasteiger partial charge in [0.2, 0.25) is 0 Å². The van der Waals surface area contributed by atoms with Gasteiger partial charge < -0.3 is 10.4 Å². The normalized spacial score (nSPS) is 23.1. The van der Waals surface area contributed by atoms with Crippen LogP contribution in [0.1, 0.15) is 36.8 Å². The topological polar surface area (TPSA) is 75.4 Å². The molecule has 1 fully saturated rings. The third-order valence-corrected chi connectivity index (χ3v) is 3.80. The zero-order valence-electron chi connectivity index (χ0n) is 11.3. The summed E-state index contributed by atoms with van der Waals surface area (Å²) in [5, 5.41) is 23.8. The largest absolute Gasteiger partial charge is 0.393 e. The fourth-order valence-electron chi connectivity index (χ4n) is 2.63. The molecule has 1 aromatic carbocycles. The lowest BCUT2D eigenvalue weighted by atomic mass is 9.92. The monoisotopic (exact) mass is 264 g/mol. The van der Waals surface area contributed by atoms with E-state index in [1.165, 1.54) is 0 Å². The van der Waals surface area contributed by atoms with Gasteiger partial charge in [0.25, 0.3) is 5.69 Å². The molecule has 104 valence electrons. The van der Waals surface area contributed by atoms with Crippen LogP contribution in [0.5, 0.6) is 0 Å². The van der Waals surface area contributed by atoms with Crippen molar-refractivity contribution in [2.45, 2.75) is 51.7 Å². The van der Waals surface area contributed by atoms with E-state index in [1.807, 2.05) is 13.0 Å². The lowest BCUT2D eigenvalue weighted by molar-refractivity contribution is -0.385. The van der Waals surface area contributed by atoms with Crippen LogP contribution in [0.3, 0.4) is 0 Å². The van der Waals surface area contributed by atoms with E-state index in [0.717, 1.165) is 36.9 Å². The highest BCUT2D eigenvalue weighted by molar-refractivity contribution is 5.60. The van der Waals surface area contributed by atoms with Crippen LogP contribution in [0.4, 0.5) is 11.4 Å². The van der Waals surface area contributed by atoms with Crippen molar-refractivity contribution in [3.05, 3.63) is 33.4 Å². The molecule has 5 nitrogen and oxygen atoms in total. The van der Waals surface area contributed by atoms with Crippen LogP contribution >= 0.6 is 0 Å². The molecule has 0 aliphatic heterocycles. The van der Waals surface area contributed by atoms with Crippen molar-refractivity contribution < 1.29 is 10.0 Å². The van der Waals surface area contributed by atoms with Crippen molar-refractivity contribution in [1.29, 1.82) is 0 Å². The highest BCUT2D eigenvalue weighted by Crippen LogP contribution is 2.29. The van der Waals surface area contributed by atoms with Gasteiger partial charge in [-0.1, -0.05) is 0 Å². The fourth-order valence-corrected chi connectivity index (χ4v) is 2.63. The number of benzene rings is 1. The first-order valence-corrected chi connectivity index (χ1v) is 6.67. The minimum Gasteiger partial charge on any atom is -0.393 e. The Bertz CT molecular complexity index is 480. The zero-order valence-corrected chi connectivity index (χ0v) is 11.3. The zero-order chi connectivity index (χ0) is 14.0. The minimum atomic E-state index is -0.343. The van der Waals surface area contributed by atoms with Gasteiger partial charge in [-0.15, -0.1) is 0 Å². The molecular weight excluding hydrogens is 244 g/mol. The van der Waals surface area contributed by atoms with Gasteiger partial charge in [-0.3, -0.25) is 10.1 Å². The molecular formula is C14H20N2O3. The Morgan fingerprint density at radius 2 is 1.84 bits per heavy atom. The fraction of sp³-hybridized carbons (Fsp3) is 0.571. The van der Waals surface area contributed by atoms with Gasteiger partial charge in [0, 0.05) is 23.4 Å². The van der Waals surface area contributed by atoms with Gasteiger partial charge in [0.15, 0.2) is 0 Å². The molecule has 1 aromatic rings. The Morgan fingerprint density at radius 3 is 2.42 bits per heavy atom. The van der Waals surface area contributed by atoms with E-state index in [-0.39, 0.29) is 16.7 Å². The number of nitro benzene ring substituents is 1. The van der Waals surface area contributed by atoms with E-state index in [1.54, 1.807) is 13.0 Å². The number of nitrogens with one attached hydrogen (secondary N) is 1. The van der Waals surface area contributed by atoms with Crippen LogP contribution in [-0.2, 0) is 0 Å². The third kappa shape index (κ3) is 3.23. The van der Waals surface area contributed by atoms with E-state index in [4.69, 9.17) is 0 Å². The maximum atomic E-state index is 11.0. The summed E-state index contributed by atoms with van der Waals surface area (Å²) >= 11 is 0. The molecule has 0 saturated heterocycles. The summed E-state index contributed by atoms with van der Waals surface area (Å²) in [6.45, 7) is 3.71. The first kappa shape index (κ1) is 13.8. The minimum absolute atomic E-state index is 0.156. The molecule has 0 unspecified atom stereocenters. The summed E-state index contributed by atoms with van der Waals surface area (Å²) in [5.74, 6) is 0. The van der Waals surface area contributed by atoms with Crippen molar-refractivity contribution in [3.8, 4) is 0 Å². The lowest BCUT2D eigenvalue weighted by Crippen LogP contribution is -2.28. The Balaban J connectivity index is 2.15. The van der Waals surface area contributed by atoms with E-state index in [0.29, 0.717) is 11.6 Å². The number of hydrogen-bond donors (Lipinski definition) is 2. The highest BCUT2D eigenvalue weighted by atomic mass is 16.6. The van der Waals surface area contributed by atoms with Crippen molar-refractivity contribution in [3.63, 3.8) is 0 Å². The molecule has 2 N–H and O–H groups in total. The summed E-state index contributed by atoms with van der Waals surface area (Å²) in [6.07, 6.45) is 3.21. The Hall–Kier alpha value is -1.62. The molecule has 1 aliphatic carbocycles. The summed E-state index contributed by atoms with van der Waals surface area (Å²) in [4.78, 5) is 10.6. The number of nitro groups is 1. The van der Waals surface area contributed by atoms with Gasteiger partial charge >= 0.3 is 0 Å². The SMILES string of the molecule is Cc1cc(C)c([N+](=O)[O-])cc1NC1CCC(O)CC1. The molecule has 1 saturated carbocycles. The smallest absolute Gasteiger partial charge is 0.274 e. The summed E-state index contributed by atoms with van der Waals surface area (Å²) in [5.41, 5.74) is 2.70. The Labute approximate surface area is 112 Å². The molecule has 0 spiro atoms. The van der Waals surface area contributed by atoms with Gasteiger partial charge in [-0.05, 0) is 51.2 Å². The summed E-state index contributed by atoms with van der Waals surface area (Å²) in [6, 6.07) is 3.76. The predicted octanol–water partition coefficient (Wildman–Crippen LogP) is 2.93. The third-order valence-electron chi connectivity index (χ3n) is 3.80. The molecule has 0 amide bonds. The van der Waals surface area contributed by atoms with Crippen LogP contribution in [0.25, 0.3) is 0 Å². The van der Waals surface area contributed by atoms with Crippen LogP contribution in [-0.4, -0.2) is 22.2 Å². The van der Waals surface area contributed by atoms with Crippen LogP contribution in [0, 0.1) is 24.0 Å². The van der Waals surface area contributed by atoms with Crippen LogP contribution in [0.2, 0.25) is 0 Å². The average Bonchev–Trinajstić information content (AvgIpc) is 2.34. The second-order valence-electron chi connectivity index (χ2n) is 5.36. The van der Waals surface area contributed by atoms with Crippen molar-refractivity contribution >= 4 is 11.4 Å². The maximum Gasteiger partial charge on any atom is 0.274 e.